The van der Waals surface area contributed by atoms with Crippen molar-refractivity contribution in [2.45, 2.75) is 6.18 Å². The molecule has 1 aromatic rings. The van der Waals surface area contributed by atoms with E-state index in [-0.39, 0.29) is 25.5 Å². The summed E-state index contributed by atoms with van der Waals surface area (Å²) >= 11 is 5.71. The highest BCUT2D eigenvalue weighted by molar-refractivity contribution is 6.30. The van der Waals surface area contributed by atoms with Crippen molar-refractivity contribution in [2.24, 2.45) is 11.8 Å². The largest absolute Gasteiger partial charge is 0.481 e. The fourth-order valence-corrected chi connectivity index (χ4v) is 2.66. The summed E-state index contributed by atoms with van der Waals surface area (Å²) < 4.78 is 38.6. The molecule has 1 aliphatic heterocycles. The van der Waals surface area contributed by atoms with Gasteiger partial charge < -0.3 is 10.4 Å². The van der Waals surface area contributed by atoms with Gasteiger partial charge in [0.1, 0.15) is 0 Å². The lowest BCUT2D eigenvalue weighted by molar-refractivity contribution is -0.188. The molecular weight excluding hydrogens is 372 g/mol. The number of aliphatic carboxylic acids is 1. The Morgan fingerprint density at radius 2 is 1.83 bits per heavy atom. The number of benzene rings is 1. The average molecular weight is 387 g/mol. The van der Waals surface area contributed by atoms with Crippen molar-refractivity contribution in [3.05, 3.63) is 29.3 Å². The number of hydrogen-bond acceptors (Lipinski definition) is 3. The van der Waals surface area contributed by atoms with Crippen molar-refractivity contribution >= 4 is 41.6 Å². The summed E-state index contributed by atoms with van der Waals surface area (Å²) in [6.45, 7) is -1.12. The second-order valence-electron chi connectivity index (χ2n) is 5.34. The van der Waals surface area contributed by atoms with Crippen molar-refractivity contribution < 1.29 is 27.9 Å². The van der Waals surface area contributed by atoms with Crippen LogP contribution in [0.5, 0.6) is 0 Å². The van der Waals surface area contributed by atoms with Gasteiger partial charge in [-0.2, -0.15) is 13.2 Å². The molecule has 0 aromatic heterocycles. The molecule has 24 heavy (non-hydrogen) atoms. The molecule has 1 aromatic carbocycles. The van der Waals surface area contributed by atoms with E-state index in [4.69, 9.17) is 16.7 Å². The Kier molecular flexibility index (Phi) is 6.88. The molecule has 134 valence electrons. The van der Waals surface area contributed by atoms with E-state index in [2.05, 4.69) is 5.32 Å². The first-order valence-electron chi connectivity index (χ1n) is 6.74. The molecule has 1 heterocycles. The number of anilines is 1. The fraction of sp³-hybridized carbons (Fsp3) is 0.429. The molecule has 1 fully saturated rings. The molecule has 1 amide bonds. The minimum atomic E-state index is -4.61. The zero-order valence-electron chi connectivity index (χ0n) is 12.2. The van der Waals surface area contributed by atoms with E-state index in [9.17, 15) is 22.8 Å². The topological polar surface area (TPSA) is 69.6 Å². The summed E-state index contributed by atoms with van der Waals surface area (Å²) in [5.41, 5.74) is 0.459. The number of rotatable bonds is 4. The molecular formula is C14H15Cl2F3N2O3. The van der Waals surface area contributed by atoms with Gasteiger partial charge in [0, 0.05) is 23.8 Å². The van der Waals surface area contributed by atoms with E-state index < -0.39 is 36.4 Å². The van der Waals surface area contributed by atoms with Gasteiger partial charge in [0.2, 0.25) is 5.91 Å². The predicted molar refractivity (Wildman–Crippen MR) is 84.4 cm³/mol. The van der Waals surface area contributed by atoms with Crippen molar-refractivity contribution in [2.75, 3.05) is 25.0 Å². The Morgan fingerprint density at radius 1 is 1.25 bits per heavy atom. The smallest absolute Gasteiger partial charge is 0.393 e. The van der Waals surface area contributed by atoms with Gasteiger partial charge in [-0.25, -0.2) is 0 Å². The first-order chi connectivity index (χ1) is 10.7. The van der Waals surface area contributed by atoms with Gasteiger partial charge in [-0.15, -0.1) is 12.4 Å². The summed E-state index contributed by atoms with van der Waals surface area (Å²) in [4.78, 5) is 24.0. The van der Waals surface area contributed by atoms with Crippen LogP contribution in [0.25, 0.3) is 0 Å². The fourth-order valence-electron chi connectivity index (χ4n) is 2.53. The number of hydrogen-bond donors (Lipinski definition) is 2. The zero-order valence-corrected chi connectivity index (χ0v) is 13.8. The van der Waals surface area contributed by atoms with Crippen LogP contribution in [0.15, 0.2) is 24.3 Å². The molecule has 5 nitrogen and oxygen atoms in total. The summed E-state index contributed by atoms with van der Waals surface area (Å²) in [7, 11) is 0. The number of carboxylic acid groups (broad SMARTS) is 1. The van der Waals surface area contributed by atoms with E-state index in [0.29, 0.717) is 10.7 Å². The number of amides is 1. The Morgan fingerprint density at radius 3 is 2.29 bits per heavy atom. The van der Waals surface area contributed by atoms with E-state index in [0.717, 1.165) is 0 Å². The van der Waals surface area contributed by atoms with Gasteiger partial charge in [-0.3, -0.25) is 14.5 Å². The van der Waals surface area contributed by atoms with E-state index in [1.54, 1.807) is 24.3 Å². The Balaban J connectivity index is 0.00000288. The predicted octanol–water partition coefficient (Wildman–Crippen LogP) is 2.90. The number of alkyl halides is 3. The highest BCUT2D eigenvalue weighted by Gasteiger charge is 2.52. The summed E-state index contributed by atoms with van der Waals surface area (Å²) in [5, 5.41) is 11.9. The molecule has 10 heteroatoms. The van der Waals surface area contributed by atoms with Crippen LogP contribution in [-0.2, 0) is 9.59 Å². The van der Waals surface area contributed by atoms with Crippen LogP contribution in [0.4, 0.5) is 18.9 Å². The monoisotopic (exact) mass is 386 g/mol. The van der Waals surface area contributed by atoms with Crippen molar-refractivity contribution in [3.63, 3.8) is 0 Å². The number of carboxylic acids is 1. The standard InChI is InChI=1S/C14H14ClF3N2O3.ClH/c15-8-1-3-9(4-2-8)19-12(21)7-20-5-10(13(22)23)11(6-20)14(16,17)18;/h1-4,10-11H,5-7H2,(H,19,21)(H,22,23);1H/t10-,11-;/m1./s1. The lowest BCUT2D eigenvalue weighted by Gasteiger charge is -2.18. The van der Waals surface area contributed by atoms with Crippen molar-refractivity contribution in [1.29, 1.82) is 0 Å². The first kappa shape index (κ1) is 20.5. The van der Waals surface area contributed by atoms with Crippen LogP contribution < -0.4 is 5.32 Å². The number of likely N-dealkylation sites (tertiary alicyclic amines) is 1. The number of carbonyl (C=O) groups is 2. The highest BCUT2D eigenvalue weighted by Crippen LogP contribution is 2.37. The van der Waals surface area contributed by atoms with Gasteiger partial charge in [0.15, 0.2) is 0 Å². The third-order valence-electron chi connectivity index (χ3n) is 3.63. The third-order valence-corrected chi connectivity index (χ3v) is 3.88. The van der Waals surface area contributed by atoms with E-state index in [1.165, 1.54) is 4.90 Å². The molecule has 2 N–H and O–H groups in total. The number of carbonyl (C=O) groups excluding carboxylic acids is 1. The second-order valence-corrected chi connectivity index (χ2v) is 5.78. The zero-order chi connectivity index (χ0) is 17.2. The average Bonchev–Trinajstić information content (AvgIpc) is 2.85. The maximum atomic E-state index is 12.9. The Labute approximate surface area is 147 Å². The van der Waals surface area contributed by atoms with Crippen molar-refractivity contribution in [1.82, 2.24) is 4.90 Å². The maximum absolute atomic E-state index is 12.9. The van der Waals surface area contributed by atoms with Crippen LogP contribution in [0, 0.1) is 11.8 Å². The molecule has 1 saturated heterocycles. The van der Waals surface area contributed by atoms with Crippen molar-refractivity contribution in [3.8, 4) is 0 Å². The van der Waals surface area contributed by atoms with Crippen LogP contribution in [0.1, 0.15) is 0 Å². The molecule has 2 rings (SSSR count). The van der Waals surface area contributed by atoms with Crippen LogP contribution >= 0.6 is 24.0 Å². The summed E-state index contributed by atoms with van der Waals surface area (Å²) in [6, 6.07) is 6.24. The maximum Gasteiger partial charge on any atom is 0.393 e. The molecule has 0 unspecified atom stereocenters. The minimum absolute atomic E-state index is 0. The van der Waals surface area contributed by atoms with Gasteiger partial charge in [-0.05, 0) is 24.3 Å². The Hall–Kier alpha value is -1.51. The molecule has 1 aliphatic rings. The molecule has 0 aliphatic carbocycles. The number of nitrogens with zero attached hydrogens (tertiary/aromatic N) is 1. The molecule has 0 bridgehead atoms. The highest BCUT2D eigenvalue weighted by atomic mass is 35.5. The summed E-state index contributed by atoms with van der Waals surface area (Å²) in [5.74, 6) is -5.55. The molecule has 2 atom stereocenters. The van der Waals surface area contributed by atoms with E-state index in [1.807, 2.05) is 0 Å². The van der Waals surface area contributed by atoms with E-state index >= 15 is 0 Å². The van der Waals surface area contributed by atoms with Crippen LogP contribution in [0.2, 0.25) is 5.02 Å². The molecule has 0 spiro atoms. The first-order valence-corrected chi connectivity index (χ1v) is 7.12. The number of halogens is 5. The van der Waals surface area contributed by atoms with Gasteiger partial charge in [-0.1, -0.05) is 11.6 Å². The minimum Gasteiger partial charge on any atom is -0.481 e. The molecule has 0 radical (unpaired) electrons. The number of nitrogens with one attached hydrogen (secondary N) is 1. The summed E-state index contributed by atoms with van der Waals surface area (Å²) in [6.07, 6.45) is -4.61. The second kappa shape index (κ2) is 8.04. The third kappa shape index (κ3) is 5.25. The van der Waals surface area contributed by atoms with Gasteiger partial charge in [0.25, 0.3) is 0 Å². The van der Waals surface area contributed by atoms with Crippen LogP contribution in [0.3, 0.4) is 0 Å². The van der Waals surface area contributed by atoms with Crippen LogP contribution in [-0.4, -0.2) is 47.7 Å². The normalized spacial score (nSPS) is 21.2. The van der Waals surface area contributed by atoms with Gasteiger partial charge in [0.05, 0.1) is 18.4 Å². The van der Waals surface area contributed by atoms with Gasteiger partial charge >= 0.3 is 12.1 Å². The SMILES string of the molecule is Cl.O=C(CN1C[C@@H](C(F)(F)F)[C@H](C(=O)O)C1)Nc1ccc(Cl)cc1. The lowest BCUT2D eigenvalue weighted by atomic mass is 9.96. The quantitative estimate of drug-likeness (QED) is 0.834. The Bertz CT molecular complexity index is 596. The lowest BCUT2D eigenvalue weighted by Crippen LogP contribution is -2.34. The molecule has 0 saturated carbocycles.